The van der Waals surface area contributed by atoms with E-state index in [1.807, 2.05) is 6.07 Å². The molecule has 83 valence electrons. The molecule has 0 amide bonds. The van der Waals surface area contributed by atoms with Gasteiger partial charge in [-0.25, -0.2) is 0 Å². The topological polar surface area (TPSA) is 0 Å². The van der Waals surface area contributed by atoms with Crippen LogP contribution in [-0.4, -0.2) is 0 Å². The second kappa shape index (κ2) is 3.58. The third-order valence-corrected chi connectivity index (χ3v) is 3.57. The number of hydrogen-bond acceptors (Lipinski definition) is 0. The van der Waals surface area contributed by atoms with Crippen molar-refractivity contribution in [2.45, 2.75) is 0 Å². The van der Waals surface area contributed by atoms with Crippen molar-refractivity contribution >= 4 is 32.3 Å². The lowest BCUT2D eigenvalue weighted by Gasteiger charge is -2.06. The van der Waals surface area contributed by atoms with E-state index in [0.717, 1.165) is 0 Å². The third-order valence-electron chi connectivity index (χ3n) is 3.57. The quantitative estimate of drug-likeness (QED) is 0.373. The smallest absolute Gasteiger partial charge is 0.00987 e. The molecule has 0 nitrogen and oxygen atoms in total. The molecule has 0 aliphatic heterocycles. The molecule has 0 N–H and O–H groups in total. The molecule has 0 aliphatic rings. The largest absolute Gasteiger partial charge is 0.0616 e. The van der Waals surface area contributed by atoms with Crippen LogP contribution in [0.25, 0.3) is 32.3 Å². The molecular weight excluding hydrogens is 216 g/mol. The summed E-state index contributed by atoms with van der Waals surface area (Å²) in [7, 11) is 0. The summed E-state index contributed by atoms with van der Waals surface area (Å²) in [5, 5.41) is 7.70. The van der Waals surface area contributed by atoms with Gasteiger partial charge < -0.3 is 0 Å². The Kier molecular flexibility index (Phi) is 1.92. The lowest BCUT2D eigenvalue weighted by Crippen LogP contribution is -1.80. The second-order valence-electron chi connectivity index (χ2n) is 4.58. The van der Waals surface area contributed by atoms with Crippen molar-refractivity contribution in [3.8, 4) is 0 Å². The van der Waals surface area contributed by atoms with Crippen LogP contribution < -0.4 is 0 Å². The number of fused-ring (bicyclic) bond motifs is 5. The Balaban J connectivity index is 2.31. The monoisotopic (exact) mass is 227 g/mol. The molecule has 0 spiro atoms. The highest BCUT2D eigenvalue weighted by molar-refractivity contribution is 6.16. The first-order valence-electron chi connectivity index (χ1n) is 6.14. The lowest BCUT2D eigenvalue weighted by atomic mass is 9.97. The molecule has 0 atom stereocenters. The molecular formula is C18H11. The normalized spacial score (nSPS) is 11.3. The van der Waals surface area contributed by atoms with E-state index >= 15 is 0 Å². The summed E-state index contributed by atoms with van der Waals surface area (Å²) in [6, 6.07) is 26.8. The van der Waals surface area contributed by atoms with Crippen LogP contribution in [0.4, 0.5) is 0 Å². The zero-order valence-corrected chi connectivity index (χ0v) is 9.85. The van der Waals surface area contributed by atoms with Crippen LogP contribution >= 0.6 is 0 Å². The molecule has 0 heteroatoms. The Labute approximate surface area is 105 Å². The van der Waals surface area contributed by atoms with Crippen LogP contribution in [0.3, 0.4) is 0 Å². The third kappa shape index (κ3) is 1.26. The van der Waals surface area contributed by atoms with Gasteiger partial charge in [0.2, 0.25) is 0 Å². The summed E-state index contributed by atoms with van der Waals surface area (Å²) >= 11 is 0. The van der Waals surface area contributed by atoms with Gasteiger partial charge in [-0.05, 0) is 38.4 Å². The minimum atomic E-state index is 1.18. The van der Waals surface area contributed by atoms with Gasteiger partial charge in [-0.3, -0.25) is 0 Å². The highest BCUT2D eigenvalue weighted by Gasteiger charge is 2.03. The molecule has 4 aromatic rings. The molecule has 1 radical (unpaired) electrons. The predicted molar refractivity (Wildman–Crippen MR) is 77.8 cm³/mol. The van der Waals surface area contributed by atoms with E-state index in [-0.39, 0.29) is 0 Å². The van der Waals surface area contributed by atoms with Crippen molar-refractivity contribution in [1.29, 1.82) is 0 Å². The summed E-state index contributed by atoms with van der Waals surface area (Å²) in [6.07, 6.45) is 0. The first-order chi connectivity index (χ1) is 8.93. The molecule has 18 heavy (non-hydrogen) atoms. The Morgan fingerprint density at radius 2 is 1.33 bits per heavy atom. The van der Waals surface area contributed by atoms with Crippen molar-refractivity contribution < 1.29 is 0 Å². The fourth-order valence-corrected chi connectivity index (χ4v) is 2.70. The van der Waals surface area contributed by atoms with Crippen LogP contribution in [0.2, 0.25) is 0 Å². The highest BCUT2D eigenvalue weighted by Crippen LogP contribution is 2.30. The van der Waals surface area contributed by atoms with Crippen LogP contribution in [0.1, 0.15) is 0 Å². The lowest BCUT2D eigenvalue weighted by molar-refractivity contribution is 1.76. The maximum atomic E-state index is 3.29. The highest BCUT2D eigenvalue weighted by atomic mass is 14.1. The molecule has 0 saturated carbocycles. The zero-order valence-electron chi connectivity index (χ0n) is 9.85. The number of hydrogen-bond donors (Lipinski definition) is 0. The van der Waals surface area contributed by atoms with Gasteiger partial charge in [-0.2, -0.15) is 0 Å². The van der Waals surface area contributed by atoms with Gasteiger partial charge in [0.25, 0.3) is 0 Å². The van der Waals surface area contributed by atoms with Gasteiger partial charge in [0, 0.05) is 0 Å². The molecule has 0 saturated heterocycles. The van der Waals surface area contributed by atoms with Gasteiger partial charge in [0.1, 0.15) is 0 Å². The van der Waals surface area contributed by atoms with Gasteiger partial charge in [-0.1, -0.05) is 66.7 Å². The van der Waals surface area contributed by atoms with Crippen molar-refractivity contribution in [2.24, 2.45) is 0 Å². The van der Waals surface area contributed by atoms with Crippen molar-refractivity contribution in [3.63, 3.8) is 0 Å². The van der Waals surface area contributed by atoms with Crippen LogP contribution in [0.5, 0.6) is 0 Å². The zero-order chi connectivity index (χ0) is 11.9. The fraction of sp³-hybridized carbons (Fsp3) is 0. The van der Waals surface area contributed by atoms with E-state index in [4.69, 9.17) is 0 Å². The molecule has 0 fully saturated rings. The summed E-state index contributed by atoms with van der Waals surface area (Å²) in [5.74, 6) is 0. The van der Waals surface area contributed by atoms with Crippen LogP contribution in [0.15, 0.2) is 66.7 Å². The van der Waals surface area contributed by atoms with Crippen LogP contribution in [0, 0.1) is 6.07 Å². The molecule has 0 aromatic heterocycles. The van der Waals surface area contributed by atoms with E-state index < -0.39 is 0 Å². The van der Waals surface area contributed by atoms with Gasteiger partial charge in [-0.15, -0.1) is 0 Å². The fourth-order valence-electron chi connectivity index (χ4n) is 2.70. The number of rotatable bonds is 0. The first kappa shape index (κ1) is 9.67. The minimum Gasteiger partial charge on any atom is -0.0616 e. The molecule has 0 heterocycles. The summed E-state index contributed by atoms with van der Waals surface area (Å²) < 4.78 is 0. The SMILES string of the molecule is [c]1cccc2c1ccc1c3ccccc3ccc21. The standard InChI is InChI=1S/C18H11/c1-3-7-15-13(5-1)9-11-18-16-8-4-2-6-14(16)10-12-17(15)18/h1-5,7-12H. The van der Waals surface area contributed by atoms with Crippen LogP contribution in [-0.2, 0) is 0 Å². The molecule has 4 aromatic carbocycles. The van der Waals surface area contributed by atoms with Gasteiger partial charge >= 0.3 is 0 Å². The molecule has 0 bridgehead atoms. The summed E-state index contributed by atoms with van der Waals surface area (Å²) in [4.78, 5) is 0. The first-order valence-corrected chi connectivity index (χ1v) is 6.14. The van der Waals surface area contributed by atoms with Crippen molar-refractivity contribution in [2.75, 3.05) is 0 Å². The summed E-state index contributed by atoms with van der Waals surface area (Å²) in [6.45, 7) is 0. The van der Waals surface area contributed by atoms with E-state index in [9.17, 15) is 0 Å². The second-order valence-corrected chi connectivity index (χ2v) is 4.58. The maximum absolute atomic E-state index is 3.29. The van der Waals surface area contributed by atoms with Crippen molar-refractivity contribution in [1.82, 2.24) is 0 Å². The van der Waals surface area contributed by atoms with E-state index in [0.29, 0.717) is 0 Å². The summed E-state index contributed by atoms with van der Waals surface area (Å²) in [5.41, 5.74) is 0. The van der Waals surface area contributed by atoms with E-state index in [1.165, 1.54) is 32.3 Å². The minimum absolute atomic E-state index is 1.18. The molecule has 0 unspecified atom stereocenters. The van der Waals surface area contributed by atoms with Gasteiger partial charge in [0.05, 0.1) is 0 Å². The maximum Gasteiger partial charge on any atom is -0.00987 e. The average Bonchev–Trinajstić information content (AvgIpc) is 2.46. The Bertz CT molecular complexity index is 797. The Morgan fingerprint density at radius 1 is 0.556 bits per heavy atom. The predicted octanol–water partition coefficient (Wildman–Crippen LogP) is 4.95. The Morgan fingerprint density at radius 3 is 2.33 bits per heavy atom. The molecule has 0 aliphatic carbocycles. The van der Waals surface area contributed by atoms with Crippen molar-refractivity contribution in [3.05, 3.63) is 72.8 Å². The number of benzene rings is 4. The van der Waals surface area contributed by atoms with E-state index in [2.05, 4.69) is 66.7 Å². The van der Waals surface area contributed by atoms with Gasteiger partial charge in [0.15, 0.2) is 0 Å². The average molecular weight is 227 g/mol. The Hall–Kier alpha value is -2.34. The molecule has 4 rings (SSSR count). The van der Waals surface area contributed by atoms with E-state index in [1.54, 1.807) is 0 Å².